The molecule has 31 heavy (non-hydrogen) atoms. The fourth-order valence-electron chi connectivity index (χ4n) is 4.91. The van der Waals surface area contributed by atoms with E-state index in [9.17, 15) is 5.11 Å². The first kappa shape index (κ1) is 28.2. The summed E-state index contributed by atoms with van der Waals surface area (Å²) in [6, 6.07) is 0. The Morgan fingerprint density at radius 2 is 1.26 bits per heavy atom. The van der Waals surface area contributed by atoms with E-state index < -0.39 is 0 Å². The zero-order chi connectivity index (χ0) is 22.5. The van der Waals surface area contributed by atoms with Crippen molar-refractivity contribution < 1.29 is 9.59 Å². The molecule has 0 saturated carbocycles. The van der Waals surface area contributed by atoms with E-state index in [0.717, 1.165) is 17.6 Å². The lowest BCUT2D eigenvalue weighted by atomic mass is 10.0. The molecule has 0 aromatic heterocycles. The molecular formula is C28H55N2O+. The van der Waals surface area contributed by atoms with Crippen molar-refractivity contribution in [3.05, 3.63) is 24.6 Å². The Morgan fingerprint density at radius 1 is 0.742 bits per heavy atom. The Labute approximate surface area is 195 Å². The van der Waals surface area contributed by atoms with Crippen LogP contribution in [0.5, 0.6) is 0 Å². The van der Waals surface area contributed by atoms with E-state index in [1.54, 1.807) is 0 Å². The zero-order valence-electron chi connectivity index (χ0n) is 21.1. The van der Waals surface area contributed by atoms with Crippen LogP contribution in [0.4, 0.5) is 0 Å². The van der Waals surface area contributed by atoms with E-state index in [4.69, 9.17) is 0 Å². The Bertz CT molecular complexity index is 448. The molecule has 1 heterocycles. The summed E-state index contributed by atoms with van der Waals surface area (Å²) < 4.78 is 0.908. The van der Waals surface area contributed by atoms with Crippen LogP contribution in [0.3, 0.4) is 0 Å². The van der Waals surface area contributed by atoms with Gasteiger partial charge in [0.2, 0.25) is 0 Å². The Kier molecular flexibility index (Phi) is 18.1. The van der Waals surface area contributed by atoms with Crippen molar-refractivity contribution in [1.82, 2.24) is 5.32 Å². The fraction of sp³-hybridized carbons (Fsp3) is 0.857. The normalized spacial score (nSPS) is 20.7. The molecule has 0 saturated heterocycles. The largest absolute Gasteiger partial charge is 0.390 e. The molecule has 182 valence electrons. The first-order valence-electron chi connectivity index (χ1n) is 13.8. The molecule has 0 aromatic carbocycles. The van der Waals surface area contributed by atoms with Crippen LogP contribution in [0.25, 0.3) is 0 Å². The predicted molar refractivity (Wildman–Crippen MR) is 137 cm³/mol. The van der Waals surface area contributed by atoms with Crippen LogP contribution in [0.2, 0.25) is 0 Å². The van der Waals surface area contributed by atoms with E-state index in [1.165, 1.54) is 116 Å². The van der Waals surface area contributed by atoms with Crippen molar-refractivity contribution in [2.24, 2.45) is 0 Å². The quantitative estimate of drug-likeness (QED) is 0.103. The van der Waals surface area contributed by atoms with Gasteiger partial charge in [-0.25, -0.2) is 0 Å². The summed E-state index contributed by atoms with van der Waals surface area (Å²) in [7, 11) is 0. The van der Waals surface area contributed by atoms with Gasteiger partial charge in [-0.15, -0.1) is 0 Å². The van der Waals surface area contributed by atoms with Crippen molar-refractivity contribution in [3.63, 3.8) is 0 Å². The van der Waals surface area contributed by atoms with Crippen LogP contribution in [0, 0.1) is 0 Å². The Morgan fingerprint density at radius 3 is 1.77 bits per heavy atom. The molecule has 0 bridgehead atoms. The summed E-state index contributed by atoms with van der Waals surface area (Å²) in [6.07, 6.45) is 34.3. The highest BCUT2D eigenvalue weighted by Crippen LogP contribution is 2.23. The van der Waals surface area contributed by atoms with Crippen molar-refractivity contribution in [2.75, 3.05) is 19.7 Å². The highest BCUT2D eigenvalue weighted by molar-refractivity contribution is 4.84. The molecule has 1 aliphatic heterocycles. The van der Waals surface area contributed by atoms with Crippen LogP contribution in [0.15, 0.2) is 24.6 Å². The monoisotopic (exact) mass is 435 g/mol. The molecule has 2 unspecified atom stereocenters. The Balaban J connectivity index is 1.83. The van der Waals surface area contributed by atoms with Gasteiger partial charge in [0.1, 0.15) is 12.7 Å². The maximum atomic E-state index is 9.39. The molecule has 0 spiro atoms. The fourth-order valence-corrected chi connectivity index (χ4v) is 4.91. The van der Waals surface area contributed by atoms with Gasteiger partial charge in [-0.05, 0) is 39.0 Å². The summed E-state index contributed by atoms with van der Waals surface area (Å²) in [4.78, 5) is 0. The molecular weight excluding hydrogens is 380 g/mol. The molecule has 0 amide bonds. The van der Waals surface area contributed by atoms with E-state index >= 15 is 0 Å². The van der Waals surface area contributed by atoms with E-state index in [1.807, 2.05) is 0 Å². The lowest BCUT2D eigenvalue weighted by molar-refractivity contribution is -0.900. The third-order valence-electron chi connectivity index (χ3n) is 7.13. The van der Waals surface area contributed by atoms with Crippen molar-refractivity contribution in [2.45, 2.75) is 136 Å². The second-order valence-corrected chi connectivity index (χ2v) is 9.65. The number of rotatable bonds is 22. The van der Waals surface area contributed by atoms with Gasteiger partial charge in [-0.1, -0.05) is 96.1 Å². The molecule has 2 atom stereocenters. The first-order chi connectivity index (χ1) is 15.3. The standard InChI is InChI=1S/C28H55N2O/c1-3-5-6-7-8-9-10-11-12-13-14-15-16-17-18-19-20-21-22-23-28-29-24-25-30(28,4-2)26-27-31/h10-11,24-25,28-29,31H,3-9,12-23,26-27H2,1-2H3/q+1/b11-10+. The predicted octanol–water partition coefficient (Wildman–Crippen LogP) is 7.81. The van der Waals surface area contributed by atoms with Gasteiger partial charge in [0.05, 0.1) is 19.4 Å². The summed E-state index contributed by atoms with van der Waals surface area (Å²) in [5.41, 5.74) is 0. The number of quaternary nitrogens is 1. The number of likely N-dealkylation sites (N-methyl/N-ethyl adjacent to an activating group) is 1. The maximum absolute atomic E-state index is 9.39. The van der Waals surface area contributed by atoms with Crippen LogP contribution in [-0.4, -0.2) is 35.5 Å². The molecule has 0 aliphatic carbocycles. The zero-order valence-corrected chi connectivity index (χ0v) is 21.1. The van der Waals surface area contributed by atoms with Gasteiger partial charge in [0, 0.05) is 6.42 Å². The van der Waals surface area contributed by atoms with Gasteiger partial charge in [0.15, 0.2) is 6.17 Å². The molecule has 0 aromatic rings. The second-order valence-electron chi connectivity index (χ2n) is 9.65. The number of allylic oxidation sites excluding steroid dienone is 2. The van der Waals surface area contributed by atoms with E-state index in [-0.39, 0.29) is 6.61 Å². The van der Waals surface area contributed by atoms with Crippen LogP contribution in [-0.2, 0) is 0 Å². The minimum absolute atomic E-state index is 0.270. The van der Waals surface area contributed by atoms with Crippen molar-refractivity contribution in [1.29, 1.82) is 0 Å². The molecule has 1 rings (SSSR count). The SMILES string of the molecule is CCCCCCC/C=C/CCCCCCCCCCCCC1NC=C[N+]1(CC)CCO. The number of nitrogens with one attached hydrogen (secondary N) is 1. The third kappa shape index (κ3) is 13.4. The van der Waals surface area contributed by atoms with Gasteiger partial charge in [-0.3, -0.25) is 4.48 Å². The summed E-state index contributed by atoms with van der Waals surface area (Å²) in [5, 5.41) is 12.9. The smallest absolute Gasteiger partial charge is 0.166 e. The van der Waals surface area contributed by atoms with Crippen LogP contribution >= 0.6 is 0 Å². The molecule has 0 radical (unpaired) electrons. The maximum Gasteiger partial charge on any atom is 0.166 e. The Hall–Kier alpha value is -0.800. The summed E-state index contributed by atoms with van der Waals surface area (Å²) in [6.45, 7) is 6.68. The van der Waals surface area contributed by atoms with Crippen LogP contribution < -0.4 is 5.32 Å². The molecule has 3 heteroatoms. The van der Waals surface area contributed by atoms with E-state index in [0.29, 0.717) is 6.17 Å². The molecule has 1 aliphatic rings. The lowest BCUT2D eigenvalue weighted by Gasteiger charge is -2.36. The topological polar surface area (TPSA) is 32.3 Å². The number of aliphatic hydroxyl groups excluding tert-OH is 1. The minimum Gasteiger partial charge on any atom is -0.390 e. The average molecular weight is 436 g/mol. The van der Waals surface area contributed by atoms with Crippen molar-refractivity contribution in [3.8, 4) is 0 Å². The highest BCUT2D eigenvalue weighted by Gasteiger charge is 2.35. The van der Waals surface area contributed by atoms with Crippen LogP contribution in [0.1, 0.15) is 129 Å². The molecule has 3 nitrogen and oxygen atoms in total. The lowest BCUT2D eigenvalue weighted by Crippen LogP contribution is -2.54. The molecule has 2 N–H and O–H groups in total. The van der Waals surface area contributed by atoms with Gasteiger partial charge >= 0.3 is 0 Å². The second kappa shape index (κ2) is 19.9. The molecule has 0 fully saturated rings. The number of hydrogen-bond donors (Lipinski definition) is 2. The first-order valence-corrected chi connectivity index (χ1v) is 13.8. The summed E-state index contributed by atoms with van der Waals surface area (Å²) in [5.74, 6) is 0. The van der Waals surface area contributed by atoms with E-state index in [2.05, 4.69) is 43.7 Å². The highest BCUT2D eigenvalue weighted by atomic mass is 16.3. The number of nitrogens with zero attached hydrogens (tertiary/aromatic N) is 1. The number of aliphatic hydroxyl groups is 1. The number of hydrogen-bond acceptors (Lipinski definition) is 2. The van der Waals surface area contributed by atoms with Crippen molar-refractivity contribution >= 4 is 0 Å². The average Bonchev–Trinajstić information content (AvgIpc) is 3.18. The van der Waals surface area contributed by atoms with Gasteiger partial charge in [0.25, 0.3) is 0 Å². The number of unbranched alkanes of at least 4 members (excludes halogenated alkanes) is 15. The van der Waals surface area contributed by atoms with Gasteiger partial charge < -0.3 is 10.4 Å². The minimum atomic E-state index is 0.270. The third-order valence-corrected chi connectivity index (χ3v) is 7.13. The van der Waals surface area contributed by atoms with Gasteiger partial charge in [-0.2, -0.15) is 0 Å². The summed E-state index contributed by atoms with van der Waals surface area (Å²) >= 11 is 0.